The minimum atomic E-state index is -1.07. The van der Waals surface area contributed by atoms with E-state index in [1.165, 1.54) is 4.90 Å². The van der Waals surface area contributed by atoms with Crippen molar-refractivity contribution in [3.05, 3.63) is 35.9 Å². The van der Waals surface area contributed by atoms with E-state index in [4.69, 9.17) is 0 Å². The number of carbonyl (C=O) groups is 1. The number of anilines is 1. The second kappa shape index (κ2) is 5.09. The number of pyridine rings is 1. The Morgan fingerprint density at radius 3 is 2.50 bits per heavy atom. The third-order valence-corrected chi connectivity index (χ3v) is 3.05. The molecule has 0 saturated heterocycles. The Hall–Kier alpha value is -2.14. The number of amides is 1. The third kappa shape index (κ3) is 2.58. The summed E-state index contributed by atoms with van der Waals surface area (Å²) in [5.41, 5.74) is 0.722. The van der Waals surface area contributed by atoms with E-state index in [9.17, 15) is 15.0 Å². The van der Waals surface area contributed by atoms with Gasteiger partial charge in [-0.25, -0.2) is 9.78 Å². The summed E-state index contributed by atoms with van der Waals surface area (Å²) in [5.74, 6) is 0.327. The normalized spacial score (nSPS) is 11.6. The van der Waals surface area contributed by atoms with Crippen LogP contribution in [0, 0.1) is 0 Å². The lowest BCUT2D eigenvalue weighted by Crippen LogP contribution is -2.45. The monoisotopic (exact) mass is 274 g/mol. The first-order chi connectivity index (χ1) is 9.34. The van der Waals surface area contributed by atoms with Gasteiger partial charge in [-0.15, -0.1) is 0 Å². The quantitative estimate of drug-likeness (QED) is 0.882. The number of para-hydroxylation sites is 1. The van der Waals surface area contributed by atoms with Crippen LogP contribution in [-0.2, 0) is 6.61 Å². The Morgan fingerprint density at radius 1 is 1.30 bits per heavy atom. The van der Waals surface area contributed by atoms with E-state index in [1.54, 1.807) is 32.9 Å². The van der Waals surface area contributed by atoms with Gasteiger partial charge < -0.3 is 10.2 Å². The van der Waals surface area contributed by atoms with Crippen molar-refractivity contribution in [2.24, 2.45) is 0 Å². The molecule has 0 aliphatic heterocycles. The molecule has 0 unspecified atom stereocenters. The van der Waals surface area contributed by atoms with E-state index in [-0.39, 0.29) is 6.61 Å². The van der Waals surface area contributed by atoms with E-state index >= 15 is 0 Å². The van der Waals surface area contributed by atoms with Gasteiger partial charge in [0, 0.05) is 10.9 Å². The van der Waals surface area contributed by atoms with Gasteiger partial charge in [-0.2, -0.15) is 0 Å². The highest BCUT2D eigenvalue weighted by Gasteiger charge is 2.29. The van der Waals surface area contributed by atoms with Crippen LogP contribution in [0.15, 0.2) is 30.3 Å². The van der Waals surface area contributed by atoms with E-state index in [0.29, 0.717) is 16.9 Å². The van der Waals surface area contributed by atoms with Crippen molar-refractivity contribution in [2.75, 3.05) is 4.90 Å². The van der Waals surface area contributed by atoms with Gasteiger partial charge in [0.15, 0.2) is 0 Å². The van der Waals surface area contributed by atoms with Gasteiger partial charge >= 0.3 is 6.09 Å². The average molecular weight is 274 g/mol. The molecule has 2 aromatic rings. The molecule has 1 aromatic heterocycles. The van der Waals surface area contributed by atoms with Crippen molar-refractivity contribution in [1.29, 1.82) is 0 Å². The number of fused-ring (bicyclic) bond motifs is 1. The molecule has 0 bridgehead atoms. The number of rotatable bonds is 2. The Morgan fingerprint density at radius 2 is 1.95 bits per heavy atom. The Labute approximate surface area is 117 Å². The number of hydrogen-bond donors (Lipinski definition) is 2. The van der Waals surface area contributed by atoms with E-state index in [1.807, 2.05) is 18.2 Å². The molecule has 1 heterocycles. The summed E-state index contributed by atoms with van der Waals surface area (Å²) < 4.78 is 0. The second-order valence-corrected chi connectivity index (χ2v) is 5.60. The smallest absolute Gasteiger partial charge is 0.413 e. The minimum absolute atomic E-state index is 0.159. The Balaban J connectivity index is 2.68. The largest absolute Gasteiger partial charge is 0.465 e. The Kier molecular flexibility index (Phi) is 3.63. The first-order valence-corrected chi connectivity index (χ1v) is 6.37. The minimum Gasteiger partial charge on any atom is -0.465 e. The fourth-order valence-electron chi connectivity index (χ4n) is 2.21. The molecule has 0 saturated carbocycles. The van der Waals surface area contributed by atoms with Crippen LogP contribution in [0.3, 0.4) is 0 Å². The molecule has 0 aliphatic carbocycles. The van der Waals surface area contributed by atoms with Crippen molar-refractivity contribution < 1.29 is 15.0 Å². The summed E-state index contributed by atoms with van der Waals surface area (Å²) in [4.78, 5) is 17.1. The lowest BCUT2D eigenvalue weighted by molar-refractivity contribution is 0.195. The molecule has 1 amide bonds. The van der Waals surface area contributed by atoms with Gasteiger partial charge in [-0.05, 0) is 38.5 Å². The fourth-order valence-corrected chi connectivity index (χ4v) is 2.21. The zero-order chi connectivity index (χ0) is 14.9. The molecule has 1 aromatic carbocycles. The van der Waals surface area contributed by atoms with E-state index in [0.717, 1.165) is 5.39 Å². The highest BCUT2D eigenvalue weighted by atomic mass is 16.4. The Bertz CT molecular complexity index is 647. The number of carboxylic acid groups (broad SMARTS) is 1. The fraction of sp³-hybridized carbons (Fsp3) is 0.333. The van der Waals surface area contributed by atoms with Gasteiger partial charge in [-0.3, -0.25) is 4.90 Å². The summed E-state index contributed by atoms with van der Waals surface area (Å²) in [6.45, 7) is 5.25. The summed E-state index contributed by atoms with van der Waals surface area (Å²) in [7, 11) is 0. The molecule has 0 fully saturated rings. The molecule has 0 aliphatic rings. The van der Waals surface area contributed by atoms with Gasteiger partial charge in [-0.1, -0.05) is 18.2 Å². The lowest BCUT2D eigenvalue weighted by Gasteiger charge is -2.32. The first kappa shape index (κ1) is 14.3. The van der Waals surface area contributed by atoms with Crippen LogP contribution in [0.1, 0.15) is 26.3 Å². The zero-order valence-electron chi connectivity index (χ0n) is 11.8. The summed E-state index contributed by atoms with van der Waals surface area (Å²) in [6.07, 6.45) is -1.07. The zero-order valence-corrected chi connectivity index (χ0v) is 11.8. The van der Waals surface area contributed by atoms with Gasteiger partial charge in [0.2, 0.25) is 0 Å². The van der Waals surface area contributed by atoms with Gasteiger partial charge in [0.1, 0.15) is 5.82 Å². The highest BCUT2D eigenvalue weighted by Crippen LogP contribution is 2.27. The van der Waals surface area contributed by atoms with Crippen LogP contribution < -0.4 is 4.90 Å². The molecule has 0 radical (unpaired) electrons. The molecule has 20 heavy (non-hydrogen) atoms. The van der Waals surface area contributed by atoms with Crippen molar-refractivity contribution in [1.82, 2.24) is 4.98 Å². The maximum Gasteiger partial charge on any atom is 0.413 e. The van der Waals surface area contributed by atoms with Crippen molar-refractivity contribution >= 4 is 22.8 Å². The highest BCUT2D eigenvalue weighted by molar-refractivity contribution is 5.90. The number of hydrogen-bond acceptors (Lipinski definition) is 3. The van der Waals surface area contributed by atoms with Crippen LogP contribution in [-0.4, -0.2) is 26.8 Å². The average Bonchev–Trinajstić information content (AvgIpc) is 2.35. The molecular formula is C15H18N2O3. The summed E-state index contributed by atoms with van der Waals surface area (Å²) in [6, 6.07) is 8.99. The number of nitrogens with zero attached hydrogens (tertiary/aromatic N) is 2. The number of aliphatic hydroxyl groups is 1. The van der Waals surface area contributed by atoms with Crippen molar-refractivity contribution in [3.8, 4) is 0 Å². The number of benzene rings is 1. The van der Waals surface area contributed by atoms with Gasteiger partial charge in [0.05, 0.1) is 12.1 Å². The van der Waals surface area contributed by atoms with Crippen LogP contribution >= 0.6 is 0 Å². The molecule has 0 atom stereocenters. The van der Waals surface area contributed by atoms with Crippen LogP contribution in [0.4, 0.5) is 10.6 Å². The third-order valence-electron chi connectivity index (χ3n) is 3.05. The summed E-state index contributed by atoms with van der Waals surface area (Å²) in [5, 5.41) is 19.7. The molecule has 5 nitrogen and oxygen atoms in total. The van der Waals surface area contributed by atoms with Crippen molar-refractivity contribution in [2.45, 2.75) is 32.9 Å². The van der Waals surface area contributed by atoms with Crippen LogP contribution in [0.25, 0.3) is 10.9 Å². The standard InChI is InChI=1S/C15H18N2O3/c1-15(2,3)17(14(19)20)13-8-10(9-18)11-6-4-5-7-12(11)16-13/h4-8,18H,9H2,1-3H3,(H,19,20). The second-order valence-electron chi connectivity index (χ2n) is 5.60. The van der Waals surface area contributed by atoms with Crippen LogP contribution in [0.5, 0.6) is 0 Å². The lowest BCUT2D eigenvalue weighted by atomic mass is 10.1. The molecule has 0 spiro atoms. The number of aliphatic hydroxyl groups excluding tert-OH is 1. The molecule has 2 N–H and O–H groups in total. The molecule has 5 heteroatoms. The molecule has 106 valence electrons. The maximum atomic E-state index is 11.5. The SMILES string of the molecule is CC(C)(C)N(C(=O)O)c1cc(CO)c2ccccc2n1. The first-order valence-electron chi connectivity index (χ1n) is 6.37. The van der Waals surface area contributed by atoms with Crippen molar-refractivity contribution in [3.63, 3.8) is 0 Å². The number of aromatic nitrogens is 1. The maximum absolute atomic E-state index is 11.5. The predicted octanol–water partition coefficient (Wildman–Crippen LogP) is 3.01. The molecule has 2 rings (SSSR count). The van der Waals surface area contributed by atoms with E-state index in [2.05, 4.69) is 4.98 Å². The predicted molar refractivity (Wildman–Crippen MR) is 77.9 cm³/mol. The topological polar surface area (TPSA) is 73.7 Å². The van der Waals surface area contributed by atoms with E-state index < -0.39 is 11.6 Å². The molecular weight excluding hydrogens is 256 g/mol. The van der Waals surface area contributed by atoms with Gasteiger partial charge in [0.25, 0.3) is 0 Å². The van der Waals surface area contributed by atoms with Crippen LogP contribution in [0.2, 0.25) is 0 Å². The summed E-state index contributed by atoms with van der Waals surface area (Å²) >= 11 is 0.